The molecule has 2 rings (SSSR count). The van der Waals surface area contributed by atoms with Crippen molar-refractivity contribution in [3.8, 4) is 6.07 Å². The second-order valence-electron chi connectivity index (χ2n) is 6.20. The SMILES string of the molecule is CC(C)NCC1CCN(Cc2cc(F)ccc2C#N)CC1. The lowest BCUT2D eigenvalue weighted by atomic mass is 9.96. The van der Waals surface area contributed by atoms with E-state index in [4.69, 9.17) is 5.26 Å². The van der Waals surface area contributed by atoms with Gasteiger partial charge in [0.15, 0.2) is 0 Å². The quantitative estimate of drug-likeness (QED) is 0.906. The van der Waals surface area contributed by atoms with Gasteiger partial charge >= 0.3 is 0 Å². The Balaban J connectivity index is 1.86. The molecule has 0 atom stereocenters. The Bertz CT molecular complexity index is 499. The van der Waals surface area contributed by atoms with E-state index < -0.39 is 0 Å². The zero-order valence-electron chi connectivity index (χ0n) is 12.9. The normalized spacial score (nSPS) is 17.1. The summed E-state index contributed by atoms with van der Waals surface area (Å²) in [4.78, 5) is 2.32. The van der Waals surface area contributed by atoms with Gasteiger partial charge in [0.1, 0.15) is 5.82 Å². The Morgan fingerprint density at radius 2 is 2.10 bits per heavy atom. The summed E-state index contributed by atoms with van der Waals surface area (Å²) in [7, 11) is 0. The molecule has 0 unspecified atom stereocenters. The van der Waals surface area contributed by atoms with Crippen LogP contribution in [0.4, 0.5) is 4.39 Å². The molecule has 1 N–H and O–H groups in total. The summed E-state index contributed by atoms with van der Waals surface area (Å²) in [6.07, 6.45) is 2.33. The van der Waals surface area contributed by atoms with E-state index in [2.05, 4.69) is 30.1 Å². The first kappa shape index (κ1) is 15.9. The van der Waals surface area contributed by atoms with Gasteiger partial charge in [-0.25, -0.2) is 4.39 Å². The number of nitrogens with one attached hydrogen (secondary N) is 1. The minimum absolute atomic E-state index is 0.264. The van der Waals surface area contributed by atoms with Crippen LogP contribution in [0, 0.1) is 23.1 Å². The number of benzene rings is 1. The number of nitriles is 1. The van der Waals surface area contributed by atoms with E-state index in [0.29, 0.717) is 18.2 Å². The van der Waals surface area contributed by atoms with Gasteiger partial charge in [-0.05, 0) is 62.2 Å². The zero-order valence-corrected chi connectivity index (χ0v) is 12.9. The van der Waals surface area contributed by atoms with Gasteiger partial charge in [0, 0.05) is 12.6 Å². The average Bonchev–Trinajstić information content (AvgIpc) is 2.47. The Labute approximate surface area is 126 Å². The molecule has 1 aliphatic heterocycles. The fraction of sp³-hybridized carbons (Fsp3) is 0.588. The third-order valence-electron chi connectivity index (χ3n) is 4.10. The number of hydrogen-bond acceptors (Lipinski definition) is 3. The number of piperidine rings is 1. The van der Waals surface area contributed by atoms with Gasteiger partial charge < -0.3 is 5.32 Å². The highest BCUT2D eigenvalue weighted by atomic mass is 19.1. The molecule has 1 fully saturated rings. The number of rotatable bonds is 5. The molecule has 0 aromatic heterocycles. The molecule has 0 amide bonds. The number of nitrogens with zero attached hydrogens (tertiary/aromatic N) is 2. The minimum atomic E-state index is -0.264. The van der Waals surface area contributed by atoms with Gasteiger partial charge in [0.05, 0.1) is 11.6 Å². The average molecular weight is 289 g/mol. The van der Waals surface area contributed by atoms with Crippen LogP contribution in [0.1, 0.15) is 37.8 Å². The van der Waals surface area contributed by atoms with Gasteiger partial charge in [-0.2, -0.15) is 5.26 Å². The standard InChI is InChI=1S/C17H24FN3/c1-13(2)20-11-14-5-7-21(8-6-14)12-16-9-17(18)4-3-15(16)10-19/h3-4,9,13-14,20H,5-8,11-12H2,1-2H3. The lowest BCUT2D eigenvalue weighted by Gasteiger charge is -2.32. The maximum Gasteiger partial charge on any atom is 0.123 e. The summed E-state index contributed by atoms with van der Waals surface area (Å²) >= 11 is 0. The summed E-state index contributed by atoms with van der Waals surface area (Å²) in [5.41, 5.74) is 1.39. The van der Waals surface area contributed by atoms with Crippen molar-refractivity contribution in [2.24, 2.45) is 5.92 Å². The second kappa shape index (κ2) is 7.53. The van der Waals surface area contributed by atoms with Crippen molar-refractivity contribution in [3.05, 3.63) is 35.1 Å². The molecule has 1 heterocycles. The van der Waals surface area contributed by atoms with E-state index >= 15 is 0 Å². The molecule has 3 nitrogen and oxygen atoms in total. The van der Waals surface area contributed by atoms with Crippen molar-refractivity contribution in [1.82, 2.24) is 10.2 Å². The molecule has 1 aromatic carbocycles. The van der Waals surface area contributed by atoms with Crippen LogP contribution in [0.2, 0.25) is 0 Å². The second-order valence-corrected chi connectivity index (χ2v) is 6.20. The summed E-state index contributed by atoms with van der Waals surface area (Å²) < 4.78 is 13.3. The summed E-state index contributed by atoms with van der Waals surface area (Å²) in [6.45, 7) is 8.13. The first-order valence-corrected chi connectivity index (χ1v) is 7.72. The fourth-order valence-electron chi connectivity index (χ4n) is 2.79. The Morgan fingerprint density at radius 3 is 2.71 bits per heavy atom. The van der Waals surface area contributed by atoms with Crippen molar-refractivity contribution in [1.29, 1.82) is 5.26 Å². The molecule has 114 valence electrons. The van der Waals surface area contributed by atoms with Crippen molar-refractivity contribution in [2.75, 3.05) is 19.6 Å². The Morgan fingerprint density at radius 1 is 1.38 bits per heavy atom. The van der Waals surface area contributed by atoms with E-state index in [1.807, 2.05) is 0 Å². The largest absolute Gasteiger partial charge is 0.314 e. The molecule has 1 aromatic rings. The van der Waals surface area contributed by atoms with Crippen molar-refractivity contribution < 1.29 is 4.39 Å². The highest BCUT2D eigenvalue weighted by molar-refractivity contribution is 5.37. The molecular weight excluding hydrogens is 265 g/mol. The molecule has 0 bridgehead atoms. The molecular formula is C17H24FN3. The van der Waals surface area contributed by atoms with Crippen molar-refractivity contribution in [3.63, 3.8) is 0 Å². The summed E-state index contributed by atoms with van der Waals surface area (Å²) in [6, 6.07) is 7.10. The molecule has 1 aliphatic rings. The molecule has 0 aliphatic carbocycles. The first-order chi connectivity index (χ1) is 10.1. The molecule has 0 radical (unpaired) electrons. The summed E-state index contributed by atoms with van der Waals surface area (Å²) in [5, 5.41) is 12.6. The van der Waals surface area contributed by atoms with E-state index in [1.54, 1.807) is 6.07 Å². The van der Waals surface area contributed by atoms with E-state index in [1.165, 1.54) is 12.1 Å². The van der Waals surface area contributed by atoms with E-state index in [9.17, 15) is 4.39 Å². The number of likely N-dealkylation sites (tertiary alicyclic amines) is 1. The predicted molar refractivity (Wildman–Crippen MR) is 82.3 cm³/mol. The topological polar surface area (TPSA) is 39.1 Å². The van der Waals surface area contributed by atoms with Crippen LogP contribution < -0.4 is 5.32 Å². The highest BCUT2D eigenvalue weighted by Gasteiger charge is 2.20. The van der Waals surface area contributed by atoms with Crippen LogP contribution >= 0.6 is 0 Å². The Hall–Kier alpha value is -1.44. The third kappa shape index (κ3) is 4.80. The van der Waals surface area contributed by atoms with E-state index in [-0.39, 0.29) is 5.82 Å². The first-order valence-electron chi connectivity index (χ1n) is 7.72. The van der Waals surface area contributed by atoms with E-state index in [0.717, 1.165) is 44.0 Å². The third-order valence-corrected chi connectivity index (χ3v) is 4.10. The van der Waals surface area contributed by atoms with Gasteiger partial charge in [0.2, 0.25) is 0 Å². The monoisotopic (exact) mass is 289 g/mol. The lowest BCUT2D eigenvalue weighted by Crippen LogP contribution is -2.38. The molecule has 1 saturated heterocycles. The molecule has 0 saturated carbocycles. The van der Waals surface area contributed by atoms with Crippen LogP contribution in [0.5, 0.6) is 0 Å². The predicted octanol–water partition coefficient (Wildman–Crippen LogP) is 2.91. The maximum atomic E-state index is 13.3. The zero-order chi connectivity index (χ0) is 15.2. The molecule has 21 heavy (non-hydrogen) atoms. The van der Waals surface area contributed by atoms with Crippen LogP contribution in [0.25, 0.3) is 0 Å². The van der Waals surface area contributed by atoms with Crippen LogP contribution in [0.3, 0.4) is 0 Å². The van der Waals surface area contributed by atoms with Crippen molar-refractivity contribution >= 4 is 0 Å². The van der Waals surface area contributed by atoms with Gasteiger partial charge in [-0.15, -0.1) is 0 Å². The Kier molecular flexibility index (Phi) is 5.72. The number of hydrogen-bond donors (Lipinski definition) is 1. The smallest absolute Gasteiger partial charge is 0.123 e. The highest BCUT2D eigenvalue weighted by Crippen LogP contribution is 2.20. The van der Waals surface area contributed by atoms with Crippen LogP contribution in [0.15, 0.2) is 18.2 Å². The summed E-state index contributed by atoms with van der Waals surface area (Å²) in [5.74, 6) is 0.464. The van der Waals surface area contributed by atoms with Gasteiger partial charge in [-0.3, -0.25) is 4.90 Å². The fourth-order valence-corrected chi connectivity index (χ4v) is 2.79. The lowest BCUT2D eigenvalue weighted by molar-refractivity contribution is 0.174. The van der Waals surface area contributed by atoms with Crippen LogP contribution in [-0.4, -0.2) is 30.6 Å². The molecule has 0 spiro atoms. The maximum absolute atomic E-state index is 13.3. The number of halogens is 1. The van der Waals surface area contributed by atoms with Gasteiger partial charge in [-0.1, -0.05) is 13.8 Å². The van der Waals surface area contributed by atoms with Crippen LogP contribution in [-0.2, 0) is 6.54 Å². The molecule has 4 heteroatoms. The van der Waals surface area contributed by atoms with Crippen molar-refractivity contribution in [2.45, 2.75) is 39.3 Å². The van der Waals surface area contributed by atoms with Gasteiger partial charge in [0.25, 0.3) is 0 Å². The minimum Gasteiger partial charge on any atom is -0.314 e.